The lowest BCUT2D eigenvalue weighted by Crippen LogP contribution is -2.14. The minimum absolute atomic E-state index is 0.451. The van der Waals surface area contributed by atoms with Crippen molar-refractivity contribution in [2.45, 2.75) is 6.42 Å². The van der Waals surface area contributed by atoms with Gasteiger partial charge in [0.05, 0.1) is 7.11 Å². The van der Waals surface area contributed by atoms with Crippen LogP contribution in [0.25, 0.3) is 0 Å². The zero-order valence-electron chi connectivity index (χ0n) is 7.74. The van der Waals surface area contributed by atoms with Crippen LogP contribution in [0, 0.1) is 10.1 Å². The average molecular weight is 213 g/mol. The molecule has 15 heavy (non-hydrogen) atoms. The Bertz CT molecular complexity index is 411. The van der Waals surface area contributed by atoms with E-state index in [2.05, 4.69) is 9.72 Å². The number of methoxy groups -OCH3 is 1. The maximum atomic E-state index is 11.2. The van der Waals surface area contributed by atoms with Crippen molar-refractivity contribution in [3.8, 4) is 0 Å². The highest BCUT2D eigenvalue weighted by atomic mass is 16.6. The van der Waals surface area contributed by atoms with E-state index in [9.17, 15) is 19.7 Å². The van der Waals surface area contributed by atoms with Gasteiger partial charge in [-0.2, -0.15) is 0 Å². The Morgan fingerprint density at radius 1 is 1.67 bits per heavy atom. The SMILES string of the molecule is COC(=O)CC(=O)n1cnc([N+](=O)[O-])c1. The molecular weight excluding hydrogens is 206 g/mol. The van der Waals surface area contributed by atoms with E-state index in [4.69, 9.17) is 0 Å². The summed E-state index contributed by atoms with van der Waals surface area (Å²) >= 11 is 0. The quantitative estimate of drug-likeness (QED) is 0.303. The molecule has 8 heteroatoms. The highest BCUT2D eigenvalue weighted by molar-refractivity contribution is 5.95. The fourth-order valence-electron chi connectivity index (χ4n) is 0.830. The van der Waals surface area contributed by atoms with Gasteiger partial charge in [0.1, 0.15) is 12.6 Å². The zero-order chi connectivity index (χ0) is 11.4. The number of carbonyl (C=O) groups excluding carboxylic acids is 2. The summed E-state index contributed by atoms with van der Waals surface area (Å²) in [5.41, 5.74) is 0. The fourth-order valence-corrected chi connectivity index (χ4v) is 0.830. The van der Waals surface area contributed by atoms with Gasteiger partial charge in [0.2, 0.25) is 12.2 Å². The van der Waals surface area contributed by atoms with Crippen molar-refractivity contribution in [3.63, 3.8) is 0 Å². The van der Waals surface area contributed by atoms with E-state index in [1.165, 1.54) is 0 Å². The van der Waals surface area contributed by atoms with Crippen molar-refractivity contribution in [1.82, 2.24) is 9.55 Å². The van der Waals surface area contributed by atoms with Gasteiger partial charge in [-0.1, -0.05) is 0 Å². The second kappa shape index (κ2) is 4.31. The Balaban J connectivity index is 2.74. The first-order chi connectivity index (χ1) is 7.04. The Morgan fingerprint density at radius 2 is 2.33 bits per heavy atom. The van der Waals surface area contributed by atoms with Crippen LogP contribution in [0.1, 0.15) is 11.2 Å². The summed E-state index contributed by atoms with van der Waals surface area (Å²) in [6, 6.07) is 0. The molecule has 0 unspecified atom stereocenters. The minimum atomic E-state index is -0.734. The Morgan fingerprint density at radius 3 is 2.80 bits per heavy atom. The predicted octanol–water partition coefficient (Wildman–Crippen LogP) is -0.00540. The van der Waals surface area contributed by atoms with Crippen LogP contribution in [0.15, 0.2) is 12.5 Å². The van der Waals surface area contributed by atoms with Crippen LogP contribution in [0.4, 0.5) is 5.82 Å². The third kappa shape index (κ3) is 2.59. The third-order valence-corrected chi connectivity index (χ3v) is 1.57. The molecule has 0 spiro atoms. The van der Waals surface area contributed by atoms with Gasteiger partial charge in [0.15, 0.2) is 0 Å². The van der Waals surface area contributed by atoms with Gasteiger partial charge in [-0.15, -0.1) is 0 Å². The molecule has 80 valence electrons. The number of nitro groups is 1. The van der Waals surface area contributed by atoms with Crippen molar-refractivity contribution in [3.05, 3.63) is 22.6 Å². The predicted molar refractivity (Wildman–Crippen MR) is 46.1 cm³/mol. The van der Waals surface area contributed by atoms with Crippen molar-refractivity contribution < 1.29 is 19.2 Å². The van der Waals surface area contributed by atoms with E-state index in [0.717, 1.165) is 24.2 Å². The largest absolute Gasteiger partial charge is 0.469 e. The van der Waals surface area contributed by atoms with Crippen molar-refractivity contribution >= 4 is 17.7 Å². The van der Waals surface area contributed by atoms with Crippen molar-refractivity contribution in [1.29, 1.82) is 0 Å². The molecule has 0 aliphatic rings. The monoisotopic (exact) mass is 213 g/mol. The number of aromatic nitrogens is 2. The standard InChI is InChI=1S/C7H7N3O5/c1-15-7(12)2-6(11)9-3-5(8-4-9)10(13)14/h3-4H,2H2,1H3. The lowest BCUT2D eigenvalue weighted by molar-refractivity contribution is -0.389. The molecule has 0 N–H and O–H groups in total. The number of rotatable bonds is 3. The Labute approximate surface area is 83.6 Å². The van der Waals surface area contributed by atoms with E-state index in [1.54, 1.807) is 0 Å². The first kappa shape index (κ1) is 10.8. The summed E-state index contributed by atoms with van der Waals surface area (Å²) in [4.78, 5) is 34.8. The van der Waals surface area contributed by atoms with Crippen molar-refractivity contribution in [2.24, 2.45) is 0 Å². The molecular formula is C7H7N3O5. The summed E-state index contributed by atoms with van der Waals surface area (Å²) in [6.07, 6.45) is 1.43. The molecule has 0 aromatic carbocycles. The summed E-state index contributed by atoms with van der Waals surface area (Å²) < 4.78 is 5.14. The third-order valence-electron chi connectivity index (χ3n) is 1.57. The number of imidazole rings is 1. The van der Waals surface area contributed by atoms with Gasteiger partial charge in [-0.25, -0.2) is 4.57 Å². The maximum Gasteiger partial charge on any atom is 0.381 e. The molecule has 0 bridgehead atoms. The molecule has 1 aromatic rings. The summed E-state index contributed by atoms with van der Waals surface area (Å²) in [7, 11) is 1.14. The summed E-state index contributed by atoms with van der Waals surface area (Å²) in [5, 5.41) is 10.2. The number of carbonyl (C=O) groups is 2. The lowest BCUT2D eigenvalue weighted by Gasteiger charge is -1.97. The molecule has 0 saturated carbocycles. The average Bonchev–Trinajstić information content (AvgIpc) is 2.66. The number of ether oxygens (including phenoxy) is 1. The van der Waals surface area contributed by atoms with Crippen LogP contribution >= 0.6 is 0 Å². The van der Waals surface area contributed by atoms with Crippen LogP contribution in [0.3, 0.4) is 0 Å². The molecule has 0 fully saturated rings. The highest BCUT2D eigenvalue weighted by Gasteiger charge is 2.17. The summed E-state index contributed by atoms with van der Waals surface area (Å²) in [5.74, 6) is -1.80. The minimum Gasteiger partial charge on any atom is -0.469 e. The zero-order valence-corrected chi connectivity index (χ0v) is 7.74. The molecule has 0 aliphatic carbocycles. The Hall–Kier alpha value is -2.25. The smallest absolute Gasteiger partial charge is 0.381 e. The van der Waals surface area contributed by atoms with Gasteiger partial charge in [-0.3, -0.25) is 9.59 Å². The first-order valence-corrected chi connectivity index (χ1v) is 3.83. The van der Waals surface area contributed by atoms with E-state index >= 15 is 0 Å². The number of hydrogen-bond donors (Lipinski definition) is 0. The topological polar surface area (TPSA) is 104 Å². The molecule has 8 nitrogen and oxygen atoms in total. The first-order valence-electron chi connectivity index (χ1n) is 3.83. The number of nitrogens with zero attached hydrogens (tertiary/aromatic N) is 3. The van der Waals surface area contributed by atoms with Gasteiger partial charge in [-0.05, 0) is 9.91 Å². The second-order valence-corrected chi connectivity index (χ2v) is 2.54. The van der Waals surface area contributed by atoms with E-state index in [1.807, 2.05) is 0 Å². The van der Waals surface area contributed by atoms with Crippen molar-refractivity contribution in [2.75, 3.05) is 7.11 Å². The highest BCUT2D eigenvalue weighted by Crippen LogP contribution is 2.06. The van der Waals surface area contributed by atoms with E-state index in [0.29, 0.717) is 0 Å². The van der Waals surface area contributed by atoms with Gasteiger partial charge >= 0.3 is 11.8 Å². The Kier molecular flexibility index (Phi) is 3.11. The fraction of sp³-hybridized carbons (Fsp3) is 0.286. The van der Waals surface area contributed by atoms with Crippen LogP contribution < -0.4 is 0 Å². The molecule has 0 radical (unpaired) electrons. The molecule has 1 aromatic heterocycles. The molecule has 0 saturated heterocycles. The van der Waals surface area contributed by atoms with Crippen LogP contribution in [0.5, 0.6) is 0 Å². The van der Waals surface area contributed by atoms with Crippen LogP contribution in [-0.2, 0) is 9.53 Å². The van der Waals surface area contributed by atoms with Gasteiger partial charge in [0.25, 0.3) is 0 Å². The van der Waals surface area contributed by atoms with Crippen LogP contribution in [0.2, 0.25) is 0 Å². The molecule has 1 rings (SSSR count). The van der Waals surface area contributed by atoms with E-state index < -0.39 is 29.0 Å². The van der Waals surface area contributed by atoms with Crippen LogP contribution in [-0.4, -0.2) is 33.5 Å². The maximum absolute atomic E-state index is 11.2. The summed E-state index contributed by atoms with van der Waals surface area (Å²) in [6.45, 7) is 0. The number of hydrogen-bond acceptors (Lipinski definition) is 6. The lowest BCUT2D eigenvalue weighted by atomic mass is 10.4. The van der Waals surface area contributed by atoms with E-state index in [-0.39, 0.29) is 0 Å². The molecule has 1 heterocycles. The molecule has 0 atom stereocenters. The van der Waals surface area contributed by atoms with Gasteiger partial charge < -0.3 is 14.9 Å². The second-order valence-electron chi connectivity index (χ2n) is 2.54. The molecule has 0 amide bonds. The number of esters is 1. The normalized spacial score (nSPS) is 9.67. The van der Waals surface area contributed by atoms with Gasteiger partial charge in [0, 0.05) is 0 Å². The molecule has 0 aliphatic heterocycles.